The molecule has 0 spiro atoms. The third-order valence-electron chi connectivity index (χ3n) is 4.93. The maximum atomic E-state index is 3.70. The first-order chi connectivity index (χ1) is 9.69. The van der Waals surface area contributed by atoms with Gasteiger partial charge in [0.2, 0.25) is 0 Å². The average Bonchev–Trinajstić information content (AvgIpc) is 2.46. The SMILES string of the molecule is CCCNC1CCC(N2CCN(CC(C)C)CC2)CC1. The summed E-state index contributed by atoms with van der Waals surface area (Å²) >= 11 is 0. The van der Waals surface area contributed by atoms with E-state index in [4.69, 9.17) is 0 Å². The molecule has 0 radical (unpaired) electrons. The molecule has 1 heterocycles. The van der Waals surface area contributed by atoms with Crippen molar-refractivity contribution >= 4 is 0 Å². The van der Waals surface area contributed by atoms with E-state index in [0.29, 0.717) is 0 Å². The van der Waals surface area contributed by atoms with Crippen LogP contribution in [0, 0.1) is 5.92 Å². The van der Waals surface area contributed by atoms with Crippen LogP contribution in [0.4, 0.5) is 0 Å². The van der Waals surface area contributed by atoms with Gasteiger partial charge >= 0.3 is 0 Å². The molecule has 0 bridgehead atoms. The van der Waals surface area contributed by atoms with Crippen molar-refractivity contribution in [2.24, 2.45) is 5.92 Å². The highest BCUT2D eigenvalue weighted by molar-refractivity contribution is 4.85. The van der Waals surface area contributed by atoms with Crippen molar-refractivity contribution in [1.29, 1.82) is 0 Å². The van der Waals surface area contributed by atoms with E-state index in [9.17, 15) is 0 Å². The maximum Gasteiger partial charge on any atom is 0.0113 e. The summed E-state index contributed by atoms with van der Waals surface area (Å²) in [4.78, 5) is 5.42. The van der Waals surface area contributed by atoms with Crippen molar-refractivity contribution in [3.63, 3.8) is 0 Å². The Balaban J connectivity index is 1.65. The lowest BCUT2D eigenvalue weighted by Crippen LogP contribution is -2.52. The third-order valence-corrected chi connectivity index (χ3v) is 4.93. The van der Waals surface area contributed by atoms with Gasteiger partial charge in [-0.3, -0.25) is 4.90 Å². The summed E-state index contributed by atoms with van der Waals surface area (Å²) in [6.07, 6.45) is 6.85. The zero-order chi connectivity index (χ0) is 14.4. The Kier molecular flexibility index (Phi) is 6.79. The molecule has 1 N–H and O–H groups in total. The van der Waals surface area contributed by atoms with Crippen LogP contribution < -0.4 is 5.32 Å². The molecule has 1 saturated heterocycles. The molecule has 3 nitrogen and oxygen atoms in total. The highest BCUT2D eigenvalue weighted by Crippen LogP contribution is 2.24. The zero-order valence-corrected chi connectivity index (χ0v) is 13.9. The van der Waals surface area contributed by atoms with Crippen molar-refractivity contribution in [2.75, 3.05) is 39.3 Å². The molecule has 2 fully saturated rings. The summed E-state index contributed by atoms with van der Waals surface area (Å²) in [7, 11) is 0. The number of hydrogen-bond donors (Lipinski definition) is 1. The summed E-state index contributed by atoms with van der Waals surface area (Å²) in [5, 5.41) is 3.70. The van der Waals surface area contributed by atoms with Gasteiger partial charge in [0.1, 0.15) is 0 Å². The summed E-state index contributed by atoms with van der Waals surface area (Å²) in [6, 6.07) is 1.67. The molecule has 2 rings (SSSR count). The minimum absolute atomic E-state index is 0.799. The predicted molar refractivity (Wildman–Crippen MR) is 87.2 cm³/mol. The second kappa shape index (κ2) is 8.35. The number of rotatable bonds is 6. The van der Waals surface area contributed by atoms with Gasteiger partial charge < -0.3 is 10.2 Å². The van der Waals surface area contributed by atoms with Gasteiger partial charge in [-0.05, 0) is 44.6 Å². The molecule has 1 aliphatic carbocycles. The molecular formula is C17H35N3. The van der Waals surface area contributed by atoms with Crippen LogP contribution in [0.2, 0.25) is 0 Å². The van der Waals surface area contributed by atoms with Crippen LogP contribution in [0.25, 0.3) is 0 Å². The van der Waals surface area contributed by atoms with Gasteiger partial charge in [0, 0.05) is 44.8 Å². The van der Waals surface area contributed by atoms with Gasteiger partial charge in [-0.25, -0.2) is 0 Å². The molecule has 2 aliphatic rings. The fraction of sp³-hybridized carbons (Fsp3) is 1.00. The Morgan fingerprint density at radius 3 is 2.20 bits per heavy atom. The minimum atomic E-state index is 0.799. The van der Waals surface area contributed by atoms with Crippen LogP contribution in [0.5, 0.6) is 0 Å². The van der Waals surface area contributed by atoms with E-state index in [1.807, 2.05) is 0 Å². The molecule has 0 aromatic rings. The van der Waals surface area contributed by atoms with E-state index in [0.717, 1.165) is 18.0 Å². The standard InChI is InChI=1S/C17H35N3/c1-4-9-18-16-5-7-17(8-6-16)20-12-10-19(11-13-20)14-15(2)3/h15-18H,4-14H2,1-3H3. The second-order valence-electron chi connectivity index (χ2n) is 7.19. The van der Waals surface area contributed by atoms with Gasteiger partial charge in [-0.1, -0.05) is 20.8 Å². The smallest absolute Gasteiger partial charge is 0.0113 e. The maximum absolute atomic E-state index is 3.70. The molecule has 1 saturated carbocycles. The summed E-state index contributed by atoms with van der Waals surface area (Å²) < 4.78 is 0. The molecule has 0 amide bonds. The lowest BCUT2D eigenvalue weighted by Gasteiger charge is -2.42. The third kappa shape index (κ3) is 5.01. The van der Waals surface area contributed by atoms with E-state index < -0.39 is 0 Å². The highest BCUT2D eigenvalue weighted by Gasteiger charge is 2.27. The normalized spacial score (nSPS) is 30.0. The quantitative estimate of drug-likeness (QED) is 0.807. The van der Waals surface area contributed by atoms with Gasteiger partial charge in [-0.2, -0.15) is 0 Å². The van der Waals surface area contributed by atoms with Crippen LogP contribution in [0.3, 0.4) is 0 Å². The van der Waals surface area contributed by atoms with E-state index >= 15 is 0 Å². The van der Waals surface area contributed by atoms with Gasteiger partial charge in [0.25, 0.3) is 0 Å². The lowest BCUT2D eigenvalue weighted by molar-refractivity contribution is 0.0690. The van der Waals surface area contributed by atoms with Crippen LogP contribution in [0.1, 0.15) is 52.9 Å². The molecule has 0 unspecified atom stereocenters. The average molecular weight is 281 g/mol. The van der Waals surface area contributed by atoms with Gasteiger partial charge in [0.05, 0.1) is 0 Å². The molecule has 118 valence electrons. The van der Waals surface area contributed by atoms with E-state index in [2.05, 4.69) is 35.9 Å². The molecule has 0 aromatic heterocycles. The van der Waals surface area contributed by atoms with Crippen molar-refractivity contribution in [3.05, 3.63) is 0 Å². The number of hydrogen-bond acceptors (Lipinski definition) is 3. The molecular weight excluding hydrogens is 246 g/mol. The monoisotopic (exact) mass is 281 g/mol. The fourth-order valence-corrected chi connectivity index (χ4v) is 3.82. The summed E-state index contributed by atoms with van der Waals surface area (Å²) in [6.45, 7) is 14.6. The molecule has 0 aromatic carbocycles. The number of nitrogens with one attached hydrogen (secondary N) is 1. The number of piperazine rings is 1. The Bertz CT molecular complexity index is 251. The Hall–Kier alpha value is -0.120. The Labute approximate surface area is 126 Å². The van der Waals surface area contributed by atoms with Gasteiger partial charge in [-0.15, -0.1) is 0 Å². The van der Waals surface area contributed by atoms with Crippen molar-refractivity contribution < 1.29 is 0 Å². The van der Waals surface area contributed by atoms with Crippen molar-refractivity contribution in [1.82, 2.24) is 15.1 Å². The van der Waals surface area contributed by atoms with Gasteiger partial charge in [0.15, 0.2) is 0 Å². The van der Waals surface area contributed by atoms with E-state index in [1.165, 1.54) is 71.4 Å². The topological polar surface area (TPSA) is 18.5 Å². The molecule has 3 heteroatoms. The van der Waals surface area contributed by atoms with Crippen LogP contribution in [-0.4, -0.2) is 61.2 Å². The molecule has 0 atom stereocenters. The van der Waals surface area contributed by atoms with Crippen LogP contribution in [0.15, 0.2) is 0 Å². The summed E-state index contributed by atoms with van der Waals surface area (Å²) in [5.41, 5.74) is 0. The van der Waals surface area contributed by atoms with Crippen LogP contribution in [-0.2, 0) is 0 Å². The first-order valence-corrected chi connectivity index (χ1v) is 8.88. The van der Waals surface area contributed by atoms with Crippen molar-refractivity contribution in [2.45, 2.75) is 65.0 Å². The second-order valence-corrected chi connectivity index (χ2v) is 7.19. The largest absolute Gasteiger partial charge is 0.314 e. The first-order valence-electron chi connectivity index (χ1n) is 8.88. The molecule has 20 heavy (non-hydrogen) atoms. The van der Waals surface area contributed by atoms with E-state index in [1.54, 1.807) is 0 Å². The Morgan fingerprint density at radius 2 is 1.65 bits per heavy atom. The lowest BCUT2D eigenvalue weighted by atomic mass is 9.89. The fourth-order valence-electron chi connectivity index (χ4n) is 3.82. The summed E-state index contributed by atoms with van der Waals surface area (Å²) in [5.74, 6) is 0.807. The highest BCUT2D eigenvalue weighted by atomic mass is 15.3. The minimum Gasteiger partial charge on any atom is -0.314 e. The van der Waals surface area contributed by atoms with Crippen LogP contribution >= 0.6 is 0 Å². The van der Waals surface area contributed by atoms with Crippen molar-refractivity contribution in [3.8, 4) is 0 Å². The Morgan fingerprint density at radius 1 is 1.00 bits per heavy atom. The van der Waals surface area contributed by atoms with E-state index in [-0.39, 0.29) is 0 Å². The zero-order valence-electron chi connectivity index (χ0n) is 13.9. The number of nitrogens with zero attached hydrogens (tertiary/aromatic N) is 2. The molecule has 1 aliphatic heterocycles. The predicted octanol–water partition coefficient (Wildman–Crippen LogP) is 2.57. The first kappa shape index (κ1) is 16.3.